The molecule has 1 aliphatic heterocycles. The average Bonchev–Trinajstić information content (AvgIpc) is 3.17. The molecule has 1 fully saturated rings. The maximum absolute atomic E-state index is 12.8. The van der Waals surface area contributed by atoms with Crippen molar-refractivity contribution in [2.45, 2.75) is 26.4 Å². The van der Waals surface area contributed by atoms with Crippen molar-refractivity contribution >= 4 is 16.9 Å². The summed E-state index contributed by atoms with van der Waals surface area (Å²) in [6, 6.07) is 9.67. The number of carbonyl (C=O) groups is 1. The monoisotopic (exact) mass is 381 g/mol. The number of hydrogen-bond acceptors (Lipinski definition) is 6. The Bertz CT molecular complexity index is 1020. The molecule has 146 valence electrons. The van der Waals surface area contributed by atoms with Crippen LogP contribution in [0.25, 0.3) is 16.6 Å². The Kier molecular flexibility index (Phi) is 5.21. The van der Waals surface area contributed by atoms with Gasteiger partial charge in [0, 0.05) is 24.7 Å². The van der Waals surface area contributed by atoms with Gasteiger partial charge in [-0.2, -0.15) is 10.2 Å². The fraction of sp³-hybridized carbons (Fsp3) is 0.400. The first-order valence-electron chi connectivity index (χ1n) is 9.55. The molecule has 4 rings (SSSR count). The molecule has 0 bridgehead atoms. The molecule has 3 aromatic rings. The molecule has 1 saturated heterocycles. The number of likely N-dealkylation sites (tertiary alicyclic amines) is 1. The topological polar surface area (TPSA) is 82.2 Å². The first-order chi connectivity index (χ1) is 13.7. The lowest BCUT2D eigenvalue weighted by molar-refractivity contribution is -0.149. The Balaban J connectivity index is 1.49. The largest absolute Gasteiger partial charge is 0.466 e. The second-order valence-electron chi connectivity index (χ2n) is 6.95. The van der Waals surface area contributed by atoms with Gasteiger partial charge in [-0.15, -0.1) is 0 Å². The molecule has 0 spiro atoms. The number of benzene rings is 1. The minimum Gasteiger partial charge on any atom is -0.466 e. The van der Waals surface area contributed by atoms with E-state index < -0.39 is 0 Å². The van der Waals surface area contributed by atoms with E-state index in [2.05, 4.69) is 15.1 Å². The maximum Gasteiger partial charge on any atom is 0.309 e. The van der Waals surface area contributed by atoms with E-state index in [0.717, 1.165) is 31.6 Å². The van der Waals surface area contributed by atoms with Crippen molar-refractivity contribution < 1.29 is 9.53 Å². The Morgan fingerprint density at radius 1 is 1.21 bits per heavy atom. The second kappa shape index (κ2) is 7.93. The molecule has 8 nitrogen and oxygen atoms in total. The Morgan fingerprint density at radius 2 is 1.96 bits per heavy atom. The molecule has 0 aliphatic carbocycles. The van der Waals surface area contributed by atoms with Crippen LogP contribution < -0.4 is 5.56 Å². The van der Waals surface area contributed by atoms with Crippen LogP contribution in [0.3, 0.4) is 0 Å². The molecule has 0 radical (unpaired) electrons. The lowest BCUT2D eigenvalue weighted by Crippen LogP contribution is -2.40. The van der Waals surface area contributed by atoms with Gasteiger partial charge in [-0.25, -0.2) is 9.36 Å². The van der Waals surface area contributed by atoms with Gasteiger partial charge in [0.1, 0.15) is 0 Å². The summed E-state index contributed by atoms with van der Waals surface area (Å²) in [6.07, 6.45) is 4.96. The van der Waals surface area contributed by atoms with E-state index in [0.29, 0.717) is 24.2 Å². The molecule has 8 heteroatoms. The third kappa shape index (κ3) is 3.68. The van der Waals surface area contributed by atoms with Gasteiger partial charge >= 0.3 is 5.97 Å². The van der Waals surface area contributed by atoms with E-state index in [4.69, 9.17) is 4.74 Å². The van der Waals surface area contributed by atoms with Crippen molar-refractivity contribution in [3.63, 3.8) is 0 Å². The van der Waals surface area contributed by atoms with Crippen molar-refractivity contribution in [3.8, 4) is 5.69 Å². The zero-order chi connectivity index (χ0) is 19.5. The molecule has 3 heterocycles. The Labute approximate surface area is 162 Å². The first kappa shape index (κ1) is 18.4. The molecule has 0 atom stereocenters. The lowest BCUT2D eigenvalue weighted by Gasteiger charge is -2.30. The highest BCUT2D eigenvalue weighted by Crippen LogP contribution is 2.19. The molecule has 0 amide bonds. The number of hydrogen-bond donors (Lipinski definition) is 0. The van der Waals surface area contributed by atoms with E-state index >= 15 is 0 Å². The van der Waals surface area contributed by atoms with E-state index in [9.17, 15) is 9.59 Å². The number of nitrogens with zero attached hydrogens (tertiary/aromatic N) is 5. The fourth-order valence-corrected chi connectivity index (χ4v) is 3.53. The highest BCUT2D eigenvalue weighted by atomic mass is 16.5. The van der Waals surface area contributed by atoms with Crippen LogP contribution in [0.15, 0.2) is 47.5 Å². The van der Waals surface area contributed by atoms with Gasteiger partial charge in [-0.1, -0.05) is 18.2 Å². The summed E-state index contributed by atoms with van der Waals surface area (Å²) in [4.78, 5) is 26.8. The van der Waals surface area contributed by atoms with E-state index in [1.54, 1.807) is 10.9 Å². The van der Waals surface area contributed by atoms with Crippen molar-refractivity contribution in [1.29, 1.82) is 0 Å². The van der Waals surface area contributed by atoms with Crippen LogP contribution in [0.5, 0.6) is 0 Å². The normalized spacial score (nSPS) is 15.8. The van der Waals surface area contributed by atoms with Crippen molar-refractivity contribution in [2.75, 3.05) is 19.7 Å². The van der Waals surface area contributed by atoms with Gasteiger partial charge in [0.15, 0.2) is 5.52 Å². The lowest BCUT2D eigenvalue weighted by atomic mass is 9.97. The molecule has 1 aromatic carbocycles. The maximum atomic E-state index is 12.8. The molecule has 0 unspecified atom stereocenters. The number of aromatic nitrogens is 4. The molecule has 0 saturated carbocycles. The zero-order valence-corrected chi connectivity index (χ0v) is 15.8. The summed E-state index contributed by atoms with van der Waals surface area (Å²) < 4.78 is 8.24. The van der Waals surface area contributed by atoms with E-state index in [-0.39, 0.29) is 17.4 Å². The summed E-state index contributed by atoms with van der Waals surface area (Å²) in [7, 11) is 0. The molecule has 0 N–H and O–H groups in total. The van der Waals surface area contributed by atoms with E-state index in [1.807, 2.05) is 43.5 Å². The van der Waals surface area contributed by atoms with Crippen LogP contribution in [0.1, 0.15) is 19.8 Å². The number of rotatable bonds is 5. The fourth-order valence-electron chi connectivity index (χ4n) is 3.53. The predicted octanol–water partition coefficient (Wildman–Crippen LogP) is 1.81. The molecular weight excluding hydrogens is 358 g/mol. The van der Waals surface area contributed by atoms with Crippen LogP contribution in [-0.2, 0) is 16.2 Å². The van der Waals surface area contributed by atoms with Gasteiger partial charge in [-0.05, 0) is 31.9 Å². The van der Waals surface area contributed by atoms with Crippen LogP contribution >= 0.6 is 0 Å². The first-order valence-corrected chi connectivity index (χ1v) is 9.55. The summed E-state index contributed by atoms with van der Waals surface area (Å²) in [5.74, 6) is -0.171. The summed E-state index contributed by atoms with van der Waals surface area (Å²) >= 11 is 0. The summed E-state index contributed by atoms with van der Waals surface area (Å²) in [6.45, 7) is 4.08. The number of para-hydroxylation sites is 1. The van der Waals surface area contributed by atoms with Crippen molar-refractivity contribution in [1.82, 2.24) is 24.5 Å². The molecule has 28 heavy (non-hydrogen) atoms. The third-order valence-corrected chi connectivity index (χ3v) is 5.08. The molecular formula is C20H23N5O3. The molecule has 2 aromatic heterocycles. The summed E-state index contributed by atoms with van der Waals surface area (Å²) in [5, 5.41) is 9.48. The zero-order valence-electron chi connectivity index (χ0n) is 15.8. The van der Waals surface area contributed by atoms with Gasteiger partial charge in [0.2, 0.25) is 0 Å². The SMILES string of the molecule is CCOC(=O)C1CCN(Cn2ncc3cn(-c4ccccc4)nc3c2=O)CC1. The molecule has 1 aliphatic rings. The highest BCUT2D eigenvalue weighted by molar-refractivity contribution is 5.76. The highest BCUT2D eigenvalue weighted by Gasteiger charge is 2.26. The number of piperidine rings is 1. The van der Waals surface area contributed by atoms with Crippen molar-refractivity contribution in [3.05, 3.63) is 53.1 Å². The Hall–Kier alpha value is -3.00. The third-order valence-electron chi connectivity index (χ3n) is 5.08. The summed E-state index contributed by atoms with van der Waals surface area (Å²) in [5.41, 5.74) is 1.09. The van der Waals surface area contributed by atoms with Gasteiger partial charge in [0.05, 0.1) is 31.1 Å². The quantitative estimate of drug-likeness (QED) is 0.627. The van der Waals surface area contributed by atoms with Crippen molar-refractivity contribution in [2.24, 2.45) is 5.92 Å². The second-order valence-corrected chi connectivity index (χ2v) is 6.95. The van der Waals surface area contributed by atoms with Gasteiger partial charge in [0.25, 0.3) is 5.56 Å². The smallest absolute Gasteiger partial charge is 0.309 e. The van der Waals surface area contributed by atoms with Crippen LogP contribution in [0.2, 0.25) is 0 Å². The minimum atomic E-state index is -0.209. The number of esters is 1. The van der Waals surface area contributed by atoms with Crippen LogP contribution in [0, 0.1) is 5.92 Å². The predicted molar refractivity (Wildman–Crippen MR) is 104 cm³/mol. The number of ether oxygens (including phenoxy) is 1. The Morgan fingerprint density at radius 3 is 2.68 bits per heavy atom. The van der Waals surface area contributed by atoms with Crippen LogP contribution in [-0.4, -0.2) is 50.1 Å². The van der Waals surface area contributed by atoms with E-state index in [1.165, 1.54) is 4.68 Å². The van der Waals surface area contributed by atoms with Gasteiger partial charge < -0.3 is 4.74 Å². The average molecular weight is 381 g/mol. The standard InChI is InChI=1S/C20H23N5O3/c1-2-28-20(27)15-8-10-23(11-9-15)14-25-19(26)18-16(12-21-25)13-24(22-18)17-6-4-3-5-7-17/h3-7,12-13,15H,2,8-11,14H2,1H3. The number of fused-ring (bicyclic) bond motifs is 1. The van der Waals surface area contributed by atoms with Crippen LogP contribution in [0.4, 0.5) is 0 Å². The van der Waals surface area contributed by atoms with Gasteiger partial charge in [-0.3, -0.25) is 14.5 Å². The number of carbonyl (C=O) groups excluding carboxylic acids is 1. The minimum absolute atomic E-state index is 0.0510.